The van der Waals surface area contributed by atoms with Crippen LogP contribution in [0.3, 0.4) is 0 Å². The molecule has 0 aromatic heterocycles. The predicted molar refractivity (Wildman–Crippen MR) is 222 cm³/mol. The number of rotatable bonds is 22. The Kier molecular flexibility index (Phi) is 15.1. The van der Waals surface area contributed by atoms with Gasteiger partial charge < -0.3 is 31.5 Å². The van der Waals surface area contributed by atoms with Crippen LogP contribution >= 0.6 is 0 Å². The summed E-state index contributed by atoms with van der Waals surface area (Å²) in [6, 6.07) is -1.15. The lowest BCUT2D eigenvalue weighted by atomic mass is 9.83. The van der Waals surface area contributed by atoms with Crippen molar-refractivity contribution < 1.29 is 9.59 Å². The third kappa shape index (κ3) is 10.6. The molecule has 5 unspecified atom stereocenters. The summed E-state index contributed by atoms with van der Waals surface area (Å²) < 4.78 is 0. The zero-order valence-electron chi connectivity index (χ0n) is 33.8. The van der Waals surface area contributed by atoms with Gasteiger partial charge in [-0.05, 0) is 85.7 Å². The second-order valence-corrected chi connectivity index (χ2v) is 16.6. The summed E-state index contributed by atoms with van der Waals surface area (Å²) in [7, 11) is 0. The molecule has 53 heavy (non-hydrogen) atoms. The number of nitrogens with zero attached hydrogens (tertiary/aromatic N) is 1. The van der Waals surface area contributed by atoms with Gasteiger partial charge in [0.25, 0.3) is 0 Å². The third-order valence-corrected chi connectivity index (χ3v) is 11.6. The van der Waals surface area contributed by atoms with Gasteiger partial charge in [-0.25, -0.2) is 0 Å². The first kappa shape index (κ1) is 43.0. The number of piperidine rings is 1. The number of hydrogen-bond donors (Lipinski definition) is 5. The lowest BCUT2D eigenvalue weighted by Crippen LogP contribution is -2.54. The van der Waals surface area contributed by atoms with Gasteiger partial charge in [0.15, 0.2) is 0 Å². The third-order valence-electron chi connectivity index (χ3n) is 11.6. The van der Waals surface area contributed by atoms with Crippen molar-refractivity contribution in [2.45, 2.75) is 111 Å². The van der Waals surface area contributed by atoms with E-state index in [0.717, 1.165) is 56.0 Å². The lowest BCUT2D eigenvalue weighted by molar-refractivity contribution is -0.127. The van der Waals surface area contributed by atoms with E-state index in [2.05, 4.69) is 124 Å². The van der Waals surface area contributed by atoms with Crippen molar-refractivity contribution in [1.29, 1.82) is 0 Å². The largest absolute Gasteiger partial charge is 0.389 e. The molecule has 8 nitrogen and oxygen atoms in total. The number of fused-ring (bicyclic) bond motifs is 1. The van der Waals surface area contributed by atoms with E-state index in [1.807, 2.05) is 13.0 Å². The maximum absolute atomic E-state index is 14.5. The molecular weight excluding hydrogens is 657 g/mol. The number of carbonyl (C=O) groups excluding carboxylic acids is 2. The minimum Gasteiger partial charge on any atom is -0.389 e. The first-order chi connectivity index (χ1) is 25.0. The molecule has 0 aromatic rings. The van der Waals surface area contributed by atoms with E-state index >= 15 is 0 Å². The molecule has 3 aliphatic rings. The zero-order chi connectivity index (χ0) is 39.7. The molecule has 2 fully saturated rings. The molecule has 1 saturated carbocycles. The van der Waals surface area contributed by atoms with E-state index in [0.29, 0.717) is 25.3 Å². The van der Waals surface area contributed by atoms with E-state index in [4.69, 9.17) is 13.0 Å². The fraction of sp³-hybridized carbons (Fsp3) is 0.556. The fourth-order valence-corrected chi connectivity index (χ4v) is 8.33. The van der Waals surface area contributed by atoms with Gasteiger partial charge in [0.2, 0.25) is 11.8 Å². The molecule has 1 aliphatic heterocycles. The Balaban J connectivity index is 1.94. The number of allylic oxidation sites excluding steroid dienone is 6. The average Bonchev–Trinajstić information content (AvgIpc) is 3.43. The standard InChI is InChI=1S/C45H68N6O2/c1-15-20-22-37(30(7)42(52)47-25-17-3)50-43(53)41-39-36(45(39,13)14)28-51(41)31(8)40(35-26-33(18-4)34(27-35)21-16-2)49-32(9)48-38(44(10,11)12)24-23-29(6)46-19-5/h1,16-18,21,35-41,46,48-49H,3-4,6-9,19-20,22-28H2,2,5,10-14H3,(H,47,52)(H,50,53)/b21-16-/t35?,36-,37?,38?,39-,40?,41?/m0/s1. The average molecular weight is 725 g/mol. The van der Waals surface area contributed by atoms with Crippen molar-refractivity contribution >= 4 is 11.8 Å². The first-order valence-electron chi connectivity index (χ1n) is 19.3. The van der Waals surface area contributed by atoms with Crippen molar-refractivity contribution in [3.8, 4) is 12.3 Å². The molecular formula is C45H68N6O2. The monoisotopic (exact) mass is 725 g/mol. The van der Waals surface area contributed by atoms with Crippen LogP contribution in [-0.2, 0) is 9.59 Å². The highest BCUT2D eigenvalue weighted by Crippen LogP contribution is 2.65. The van der Waals surface area contributed by atoms with Gasteiger partial charge >= 0.3 is 0 Å². The number of terminal acetylenes is 1. The van der Waals surface area contributed by atoms with Crippen molar-refractivity contribution in [1.82, 2.24) is 31.5 Å². The second kappa shape index (κ2) is 18.6. The number of amides is 2. The van der Waals surface area contributed by atoms with Crippen LogP contribution in [0.4, 0.5) is 0 Å². The molecule has 1 heterocycles. The predicted octanol–water partition coefficient (Wildman–Crippen LogP) is 7.02. The lowest BCUT2D eigenvalue weighted by Gasteiger charge is -2.41. The molecule has 0 spiro atoms. The maximum Gasteiger partial charge on any atom is 0.248 e. The molecule has 8 heteroatoms. The van der Waals surface area contributed by atoms with Crippen molar-refractivity contribution in [2.75, 3.05) is 19.6 Å². The van der Waals surface area contributed by atoms with Crippen LogP contribution in [0, 0.1) is 40.9 Å². The summed E-state index contributed by atoms with van der Waals surface area (Å²) in [4.78, 5) is 29.6. The summed E-state index contributed by atoms with van der Waals surface area (Å²) in [5.74, 6) is 3.54. The van der Waals surface area contributed by atoms with Gasteiger partial charge in [-0.15, -0.1) is 18.9 Å². The summed E-state index contributed by atoms with van der Waals surface area (Å²) >= 11 is 0. The SMILES string of the molecule is C#CCCC(NC(=O)C1[C@@H]2[C@H](CN1C(=C)C(NC(=C)NC(CCC(=C)NCC)C(C)(C)C)C1CC(C=C)=C(/C=C\C)C1)C2(C)C)C(=C)C(=O)NCC=C. The van der Waals surface area contributed by atoms with Crippen LogP contribution in [0.25, 0.3) is 0 Å². The number of nitrogens with one attached hydrogen (secondary N) is 5. The van der Waals surface area contributed by atoms with Crippen molar-refractivity contribution in [2.24, 2.45) is 28.6 Å². The van der Waals surface area contributed by atoms with Gasteiger partial charge in [-0.3, -0.25) is 9.59 Å². The Morgan fingerprint density at radius 3 is 2.30 bits per heavy atom. The van der Waals surface area contributed by atoms with Crippen LogP contribution in [0.15, 0.2) is 97.7 Å². The summed E-state index contributed by atoms with van der Waals surface area (Å²) in [6.07, 6.45) is 17.7. The molecule has 2 amide bonds. The Bertz CT molecular complexity index is 1530. The van der Waals surface area contributed by atoms with Gasteiger partial charge in [-0.1, -0.05) is 91.8 Å². The molecule has 1 saturated heterocycles. The van der Waals surface area contributed by atoms with Crippen LogP contribution < -0.4 is 26.6 Å². The van der Waals surface area contributed by atoms with Crippen LogP contribution in [-0.4, -0.2) is 60.5 Å². The van der Waals surface area contributed by atoms with E-state index in [1.165, 1.54) is 11.1 Å². The first-order valence-corrected chi connectivity index (χ1v) is 19.3. The molecule has 290 valence electrons. The van der Waals surface area contributed by atoms with Crippen LogP contribution in [0.2, 0.25) is 0 Å². The summed E-state index contributed by atoms with van der Waals surface area (Å²) in [6.45, 7) is 42.5. The Morgan fingerprint density at radius 1 is 1.04 bits per heavy atom. The van der Waals surface area contributed by atoms with Gasteiger partial charge in [0.1, 0.15) is 6.04 Å². The number of carbonyl (C=O) groups is 2. The summed E-state index contributed by atoms with van der Waals surface area (Å²) in [5.41, 5.74) is 4.62. The molecule has 0 radical (unpaired) electrons. The molecule has 3 rings (SSSR count). The molecule has 2 aliphatic carbocycles. The highest BCUT2D eigenvalue weighted by molar-refractivity contribution is 5.95. The number of hydrogen-bond acceptors (Lipinski definition) is 6. The minimum atomic E-state index is -0.604. The Morgan fingerprint density at radius 2 is 1.72 bits per heavy atom. The highest BCUT2D eigenvalue weighted by atomic mass is 16.2. The normalized spacial score (nSPS) is 23.2. The van der Waals surface area contributed by atoms with Crippen LogP contribution in [0.5, 0.6) is 0 Å². The summed E-state index contributed by atoms with van der Waals surface area (Å²) in [5, 5.41) is 16.9. The molecule has 0 aromatic carbocycles. The number of likely N-dealkylation sites (tertiary alicyclic amines) is 1. The molecule has 0 bridgehead atoms. The Labute approximate surface area is 321 Å². The van der Waals surface area contributed by atoms with E-state index < -0.39 is 12.1 Å². The molecule has 5 N–H and O–H groups in total. The molecule has 7 atom stereocenters. The smallest absolute Gasteiger partial charge is 0.248 e. The van der Waals surface area contributed by atoms with Gasteiger partial charge in [-0.2, -0.15) is 0 Å². The fourth-order valence-electron chi connectivity index (χ4n) is 8.33. The van der Waals surface area contributed by atoms with Gasteiger partial charge in [0.05, 0.1) is 17.9 Å². The van der Waals surface area contributed by atoms with E-state index in [1.54, 1.807) is 6.08 Å². The second-order valence-electron chi connectivity index (χ2n) is 16.6. The topological polar surface area (TPSA) is 97.5 Å². The van der Waals surface area contributed by atoms with Crippen molar-refractivity contribution in [3.63, 3.8) is 0 Å². The van der Waals surface area contributed by atoms with Gasteiger partial charge in [0, 0.05) is 49.1 Å². The highest BCUT2D eigenvalue weighted by Gasteiger charge is 2.69. The van der Waals surface area contributed by atoms with E-state index in [9.17, 15) is 9.59 Å². The Hall–Kier alpha value is -4.38. The minimum absolute atomic E-state index is 0.000102. The maximum atomic E-state index is 14.5. The quantitative estimate of drug-likeness (QED) is 0.0468. The van der Waals surface area contributed by atoms with Crippen molar-refractivity contribution in [3.05, 3.63) is 97.7 Å². The van der Waals surface area contributed by atoms with E-state index in [-0.39, 0.29) is 52.1 Å². The zero-order valence-corrected chi connectivity index (χ0v) is 33.8. The van der Waals surface area contributed by atoms with Crippen LogP contribution in [0.1, 0.15) is 87.0 Å².